The van der Waals surface area contributed by atoms with Crippen LogP contribution in [-0.2, 0) is 12.4 Å². The molecule has 0 aliphatic carbocycles. The average molecular weight is 564 g/mol. The van der Waals surface area contributed by atoms with E-state index in [2.05, 4.69) is 19.9 Å². The maximum atomic E-state index is 14.0. The summed E-state index contributed by atoms with van der Waals surface area (Å²) in [5.41, 5.74) is 0.871. The van der Waals surface area contributed by atoms with Crippen molar-refractivity contribution in [1.29, 1.82) is 0 Å². The molecule has 1 unspecified atom stereocenters. The average Bonchev–Trinajstić information content (AvgIpc) is 3.38. The fourth-order valence-electron chi connectivity index (χ4n) is 3.92. The van der Waals surface area contributed by atoms with Crippen molar-refractivity contribution in [3.63, 3.8) is 0 Å². The topological polar surface area (TPSA) is 51.0 Å². The van der Waals surface area contributed by atoms with Crippen LogP contribution in [-0.4, -0.2) is 20.7 Å². The van der Waals surface area contributed by atoms with Crippen LogP contribution in [0.4, 0.5) is 35.1 Å². The Labute approximate surface area is 223 Å². The van der Waals surface area contributed by atoms with Crippen molar-refractivity contribution in [2.24, 2.45) is 4.99 Å². The van der Waals surface area contributed by atoms with Gasteiger partial charge in [0.1, 0.15) is 23.0 Å². The van der Waals surface area contributed by atoms with Gasteiger partial charge in [-0.2, -0.15) is 26.3 Å². The third-order valence-corrected chi connectivity index (χ3v) is 5.94. The van der Waals surface area contributed by atoms with Crippen LogP contribution in [0.5, 0.6) is 0 Å². The van der Waals surface area contributed by atoms with Crippen molar-refractivity contribution in [3.8, 4) is 11.3 Å². The summed E-state index contributed by atoms with van der Waals surface area (Å²) in [7, 11) is 0. The first-order chi connectivity index (χ1) is 18.8. The Morgan fingerprint density at radius 1 is 0.700 bits per heavy atom. The van der Waals surface area contributed by atoms with Crippen molar-refractivity contribution in [3.05, 3.63) is 113 Å². The molecule has 208 valence electrons. The number of halogens is 8. The van der Waals surface area contributed by atoms with E-state index in [4.69, 9.17) is 0 Å². The Hall–Kier alpha value is -4.22. The lowest BCUT2D eigenvalue weighted by atomic mass is 10.0. The molecular weight excluding hydrogens is 544 g/mol. The Morgan fingerprint density at radius 3 is 1.82 bits per heavy atom. The summed E-state index contributed by atoms with van der Waals surface area (Å²) < 4.78 is 101. The molecule has 4 aromatic rings. The molecule has 12 heteroatoms. The first-order valence-electron chi connectivity index (χ1n) is 11.8. The lowest BCUT2D eigenvalue weighted by Crippen LogP contribution is -2.07. The van der Waals surface area contributed by atoms with Crippen LogP contribution >= 0.6 is 0 Å². The number of alkyl halides is 6. The fraction of sp³-hybridized carbons (Fsp3) is 0.214. The van der Waals surface area contributed by atoms with Crippen molar-refractivity contribution in [1.82, 2.24) is 15.0 Å². The van der Waals surface area contributed by atoms with Crippen LogP contribution in [0.25, 0.3) is 11.3 Å². The second-order valence-corrected chi connectivity index (χ2v) is 8.85. The molecule has 3 aromatic heterocycles. The second kappa shape index (κ2) is 11.5. The van der Waals surface area contributed by atoms with Crippen molar-refractivity contribution >= 4 is 5.71 Å². The first kappa shape index (κ1) is 28.8. The Bertz CT molecular complexity index is 1460. The Kier molecular flexibility index (Phi) is 8.26. The zero-order valence-electron chi connectivity index (χ0n) is 20.7. The van der Waals surface area contributed by atoms with Crippen LogP contribution in [0, 0.1) is 18.6 Å². The molecule has 0 bridgehead atoms. The van der Waals surface area contributed by atoms with Crippen molar-refractivity contribution < 1.29 is 35.1 Å². The van der Waals surface area contributed by atoms with Gasteiger partial charge < -0.3 is 0 Å². The zero-order chi connectivity index (χ0) is 29.1. The van der Waals surface area contributed by atoms with Gasteiger partial charge in [0, 0.05) is 29.9 Å². The van der Waals surface area contributed by atoms with Crippen molar-refractivity contribution in [2.75, 3.05) is 0 Å². The maximum absolute atomic E-state index is 14.0. The number of rotatable bonds is 3. The monoisotopic (exact) mass is 564 g/mol. The quantitative estimate of drug-likeness (QED) is 0.236. The van der Waals surface area contributed by atoms with E-state index in [0.717, 1.165) is 29.5 Å². The van der Waals surface area contributed by atoms with Crippen LogP contribution in [0.2, 0.25) is 0 Å². The van der Waals surface area contributed by atoms with Gasteiger partial charge in [-0.25, -0.2) is 8.78 Å². The van der Waals surface area contributed by atoms with Crippen molar-refractivity contribution in [2.45, 2.75) is 38.2 Å². The minimum absolute atomic E-state index is 0.101. The van der Waals surface area contributed by atoms with Crippen LogP contribution in [0.3, 0.4) is 0 Å². The Morgan fingerprint density at radius 2 is 1.32 bits per heavy atom. The van der Waals surface area contributed by atoms with Gasteiger partial charge in [0.15, 0.2) is 0 Å². The summed E-state index contributed by atoms with van der Waals surface area (Å²) in [5.74, 6) is -1.29. The molecule has 4 nitrogen and oxygen atoms in total. The van der Waals surface area contributed by atoms with Crippen LogP contribution in [0.1, 0.15) is 47.0 Å². The molecule has 1 aromatic carbocycles. The highest BCUT2D eigenvalue weighted by Crippen LogP contribution is 2.33. The summed E-state index contributed by atoms with van der Waals surface area (Å²) in [6.45, 7) is 1.69. The predicted molar refractivity (Wildman–Crippen MR) is 131 cm³/mol. The molecule has 0 spiro atoms. The van der Waals surface area contributed by atoms with Gasteiger partial charge in [0.25, 0.3) is 0 Å². The highest BCUT2D eigenvalue weighted by molar-refractivity contribution is 6.02. The maximum Gasteiger partial charge on any atom is 0.433 e. The molecule has 0 fully saturated rings. The fourth-order valence-corrected chi connectivity index (χ4v) is 3.92. The van der Waals surface area contributed by atoms with Gasteiger partial charge in [-0.15, -0.1) is 0 Å². The molecule has 0 radical (unpaired) electrons. The molecular formula is C28H20F8N4. The van der Waals surface area contributed by atoms with Gasteiger partial charge >= 0.3 is 12.4 Å². The van der Waals surface area contributed by atoms with Gasteiger partial charge in [-0.05, 0) is 67.3 Å². The summed E-state index contributed by atoms with van der Waals surface area (Å²) in [6.07, 6.45) is -3.90. The minimum Gasteiger partial charge on any atom is -0.281 e. The third kappa shape index (κ3) is 6.85. The van der Waals surface area contributed by atoms with Gasteiger partial charge in [0.2, 0.25) is 0 Å². The summed E-state index contributed by atoms with van der Waals surface area (Å²) in [5, 5.41) is 0. The summed E-state index contributed by atoms with van der Waals surface area (Å²) in [4.78, 5) is 15.4. The van der Waals surface area contributed by atoms with E-state index >= 15 is 0 Å². The Balaban J connectivity index is 0.000000283. The minimum atomic E-state index is -4.49. The molecule has 5 rings (SSSR count). The first-order valence-corrected chi connectivity index (χ1v) is 11.8. The molecule has 4 heterocycles. The SMILES string of the molecule is Cc1ccc(C(F)(F)F)nc1.Fc1cccc(F)c1C1=NC(c2ccc(-c3ccc(C(F)(F)F)nc3)nc2)CC1. The van der Waals surface area contributed by atoms with Gasteiger partial charge in [-0.3, -0.25) is 19.9 Å². The van der Waals surface area contributed by atoms with E-state index in [0.29, 0.717) is 29.8 Å². The second-order valence-electron chi connectivity index (χ2n) is 8.85. The third-order valence-electron chi connectivity index (χ3n) is 5.94. The van der Waals surface area contributed by atoms with E-state index in [9.17, 15) is 35.1 Å². The summed E-state index contributed by atoms with van der Waals surface area (Å²) >= 11 is 0. The summed E-state index contributed by atoms with van der Waals surface area (Å²) in [6, 6.07) is 11.4. The van der Waals surface area contributed by atoms with E-state index in [1.165, 1.54) is 36.5 Å². The van der Waals surface area contributed by atoms with E-state index < -0.39 is 35.4 Å². The largest absolute Gasteiger partial charge is 0.433 e. The number of hydrogen-bond acceptors (Lipinski definition) is 4. The number of benzene rings is 1. The number of nitrogens with zero attached hydrogens (tertiary/aromatic N) is 4. The normalized spacial score (nSPS) is 15.3. The number of aliphatic imine (C=N–C) groups is 1. The molecule has 0 amide bonds. The molecule has 1 aliphatic rings. The molecule has 0 saturated heterocycles. The molecule has 1 atom stereocenters. The number of hydrogen-bond donors (Lipinski definition) is 0. The van der Waals surface area contributed by atoms with Gasteiger partial charge in [0.05, 0.1) is 17.3 Å². The number of aromatic nitrogens is 3. The molecule has 0 N–H and O–H groups in total. The lowest BCUT2D eigenvalue weighted by molar-refractivity contribution is -0.141. The van der Waals surface area contributed by atoms with Gasteiger partial charge in [-0.1, -0.05) is 18.2 Å². The van der Waals surface area contributed by atoms with Crippen LogP contribution < -0.4 is 0 Å². The van der Waals surface area contributed by atoms with E-state index in [1.54, 1.807) is 25.3 Å². The van der Waals surface area contributed by atoms with E-state index in [1.807, 2.05) is 0 Å². The standard InChI is InChI=1S/C21H14F5N3.C7H6F3N/c22-14-2-1-3-15(23)20(14)18-8-7-17(29-18)13-4-6-16(27-10-13)12-5-9-19(28-11-12)21(24,25)26;1-5-2-3-6(11-4-5)7(8,9)10/h1-6,9-11,17H,7-8H2;2-4H,1H3. The highest BCUT2D eigenvalue weighted by atomic mass is 19.4. The van der Waals surface area contributed by atoms with Crippen LogP contribution in [0.15, 0.2) is 78.2 Å². The zero-order valence-corrected chi connectivity index (χ0v) is 20.7. The number of aryl methyl sites for hydroxylation is 1. The van der Waals surface area contributed by atoms with E-state index in [-0.39, 0.29) is 11.6 Å². The molecule has 0 saturated carbocycles. The molecule has 1 aliphatic heterocycles. The highest BCUT2D eigenvalue weighted by Gasteiger charge is 2.32. The predicted octanol–water partition coefficient (Wildman–Crippen LogP) is 8.17. The number of pyridine rings is 3. The molecule has 40 heavy (non-hydrogen) atoms. The lowest BCUT2D eigenvalue weighted by Gasteiger charge is -2.09. The smallest absolute Gasteiger partial charge is 0.281 e.